The van der Waals surface area contributed by atoms with Crippen LogP contribution in [0.4, 0.5) is 0 Å². The summed E-state index contributed by atoms with van der Waals surface area (Å²) in [5.74, 6) is -0.286. The van der Waals surface area contributed by atoms with E-state index in [4.69, 9.17) is 4.74 Å². The number of fused-ring (bicyclic) bond motifs is 1. The number of hydrogen-bond acceptors (Lipinski definition) is 2. The summed E-state index contributed by atoms with van der Waals surface area (Å²) in [6.45, 7) is 1.90. The molecule has 3 nitrogen and oxygen atoms in total. The minimum absolute atomic E-state index is 0.286. The van der Waals surface area contributed by atoms with Crippen molar-refractivity contribution in [3.8, 4) is 0 Å². The molecule has 0 atom stereocenters. The van der Waals surface area contributed by atoms with Crippen LogP contribution in [0.25, 0.3) is 10.9 Å². The van der Waals surface area contributed by atoms with Crippen molar-refractivity contribution in [1.29, 1.82) is 0 Å². The van der Waals surface area contributed by atoms with Crippen molar-refractivity contribution in [2.24, 2.45) is 0 Å². The van der Waals surface area contributed by atoms with E-state index in [1.165, 1.54) is 7.11 Å². The van der Waals surface area contributed by atoms with Gasteiger partial charge >= 0.3 is 5.97 Å². The molecule has 1 aromatic heterocycles. The Morgan fingerprint density at radius 1 is 1.47 bits per heavy atom. The number of aromatic nitrogens is 1. The van der Waals surface area contributed by atoms with Crippen molar-refractivity contribution < 1.29 is 9.53 Å². The first-order valence-electron chi connectivity index (χ1n) is 4.49. The molecule has 0 bridgehead atoms. The second-order valence-corrected chi connectivity index (χ2v) is 4.50. The zero-order valence-electron chi connectivity index (χ0n) is 8.43. The number of carbonyl (C=O) groups excluding carboxylic acids is 1. The topological polar surface area (TPSA) is 42.1 Å². The third-order valence-corrected chi connectivity index (χ3v) is 3.27. The molecule has 15 heavy (non-hydrogen) atoms. The monoisotopic (exact) mass is 315 g/mol. The van der Waals surface area contributed by atoms with Crippen LogP contribution in [-0.2, 0) is 4.74 Å². The Bertz CT molecular complexity index is 531. The zero-order valence-corrected chi connectivity index (χ0v) is 10.6. The van der Waals surface area contributed by atoms with Crippen LogP contribution in [0.2, 0.25) is 0 Å². The number of ether oxygens (including phenoxy) is 1. The normalized spacial score (nSPS) is 10.6. The highest BCUT2D eigenvalue weighted by atomic mass is 127. The van der Waals surface area contributed by atoms with Crippen molar-refractivity contribution in [1.82, 2.24) is 4.98 Å². The number of benzene rings is 1. The maximum Gasteiger partial charge on any atom is 0.338 e. The number of methoxy groups -OCH3 is 1. The Balaban J connectivity index is 2.70. The maximum absolute atomic E-state index is 11.5. The van der Waals surface area contributed by atoms with Gasteiger partial charge in [-0.05, 0) is 47.2 Å². The predicted molar refractivity (Wildman–Crippen MR) is 67.1 cm³/mol. The van der Waals surface area contributed by atoms with E-state index in [9.17, 15) is 4.79 Å². The lowest BCUT2D eigenvalue weighted by Crippen LogP contribution is -2.03. The number of H-pyrrole nitrogens is 1. The first-order chi connectivity index (χ1) is 7.13. The van der Waals surface area contributed by atoms with Crippen molar-refractivity contribution in [3.05, 3.63) is 33.0 Å². The maximum atomic E-state index is 11.5. The minimum Gasteiger partial charge on any atom is -0.465 e. The van der Waals surface area contributed by atoms with E-state index >= 15 is 0 Å². The summed E-state index contributed by atoms with van der Waals surface area (Å²) in [6, 6.07) is 3.83. The van der Waals surface area contributed by atoms with E-state index in [0.717, 1.165) is 20.0 Å². The Kier molecular flexibility index (Phi) is 2.68. The third kappa shape index (κ3) is 1.73. The highest BCUT2D eigenvalue weighted by molar-refractivity contribution is 14.1. The average Bonchev–Trinajstić information content (AvgIpc) is 2.58. The van der Waals surface area contributed by atoms with E-state index < -0.39 is 0 Å². The van der Waals surface area contributed by atoms with Gasteiger partial charge in [-0.3, -0.25) is 0 Å². The Hall–Kier alpha value is -1.04. The molecule has 4 heteroatoms. The molecule has 0 saturated heterocycles. The molecule has 0 fully saturated rings. The van der Waals surface area contributed by atoms with Crippen molar-refractivity contribution in [3.63, 3.8) is 0 Å². The molecular weight excluding hydrogens is 305 g/mol. The molecule has 1 aromatic carbocycles. The molecule has 0 amide bonds. The van der Waals surface area contributed by atoms with Gasteiger partial charge in [0.15, 0.2) is 0 Å². The molecule has 2 rings (SSSR count). The highest BCUT2D eigenvalue weighted by Gasteiger charge is 2.12. The standard InChI is InChI=1S/C11H10INO2/c1-6-3-10-8(9(12)5-13-10)4-7(6)11(14)15-2/h3-5,13H,1-2H3. The quantitative estimate of drug-likeness (QED) is 0.649. The van der Waals surface area contributed by atoms with Crippen LogP contribution < -0.4 is 0 Å². The Labute approximate surface area is 101 Å². The largest absolute Gasteiger partial charge is 0.465 e. The molecule has 0 aliphatic heterocycles. The lowest BCUT2D eigenvalue weighted by molar-refractivity contribution is 0.0600. The fourth-order valence-corrected chi connectivity index (χ4v) is 2.18. The van der Waals surface area contributed by atoms with E-state index in [1.807, 2.05) is 25.3 Å². The summed E-state index contributed by atoms with van der Waals surface area (Å²) >= 11 is 2.23. The molecular formula is C11H10INO2. The highest BCUT2D eigenvalue weighted by Crippen LogP contribution is 2.24. The number of esters is 1. The molecule has 0 radical (unpaired) electrons. The van der Waals surface area contributed by atoms with E-state index in [2.05, 4.69) is 27.6 Å². The molecule has 0 aliphatic rings. The fourth-order valence-electron chi connectivity index (χ4n) is 1.57. The second-order valence-electron chi connectivity index (χ2n) is 3.34. The number of aromatic amines is 1. The van der Waals surface area contributed by atoms with Gasteiger partial charge in [0.25, 0.3) is 0 Å². The van der Waals surface area contributed by atoms with E-state index in [0.29, 0.717) is 5.56 Å². The average molecular weight is 315 g/mol. The number of aryl methyl sites for hydroxylation is 1. The summed E-state index contributed by atoms with van der Waals surface area (Å²) in [6.07, 6.45) is 1.92. The lowest BCUT2D eigenvalue weighted by Gasteiger charge is -2.04. The van der Waals surface area contributed by atoms with Crippen molar-refractivity contribution in [2.45, 2.75) is 6.92 Å². The number of rotatable bonds is 1. The van der Waals surface area contributed by atoms with Crippen LogP contribution in [-0.4, -0.2) is 18.1 Å². The van der Waals surface area contributed by atoms with Gasteiger partial charge in [-0.1, -0.05) is 0 Å². The molecule has 78 valence electrons. The Morgan fingerprint density at radius 3 is 2.87 bits per heavy atom. The van der Waals surface area contributed by atoms with Gasteiger partial charge in [-0.15, -0.1) is 0 Å². The van der Waals surface area contributed by atoms with Gasteiger partial charge in [0, 0.05) is 20.7 Å². The molecule has 0 unspecified atom stereocenters. The number of carbonyl (C=O) groups is 1. The molecule has 0 saturated carbocycles. The van der Waals surface area contributed by atoms with Gasteiger partial charge in [0.05, 0.1) is 12.7 Å². The first kappa shape index (κ1) is 10.5. The summed E-state index contributed by atoms with van der Waals surface area (Å²) in [7, 11) is 1.40. The predicted octanol–water partition coefficient (Wildman–Crippen LogP) is 2.87. The van der Waals surface area contributed by atoms with Crippen LogP contribution in [0, 0.1) is 10.5 Å². The SMILES string of the molecule is COC(=O)c1cc2c(I)c[nH]c2cc1C. The smallest absolute Gasteiger partial charge is 0.338 e. The summed E-state index contributed by atoms with van der Waals surface area (Å²) in [5.41, 5.74) is 2.60. The molecule has 1 heterocycles. The van der Waals surface area contributed by atoms with Gasteiger partial charge in [-0.2, -0.15) is 0 Å². The lowest BCUT2D eigenvalue weighted by atomic mass is 10.1. The third-order valence-electron chi connectivity index (χ3n) is 2.38. The fraction of sp³-hybridized carbons (Fsp3) is 0.182. The van der Waals surface area contributed by atoms with Crippen LogP contribution in [0.1, 0.15) is 15.9 Å². The van der Waals surface area contributed by atoms with Crippen LogP contribution >= 0.6 is 22.6 Å². The summed E-state index contributed by atoms with van der Waals surface area (Å²) < 4.78 is 5.84. The Morgan fingerprint density at radius 2 is 2.20 bits per heavy atom. The number of halogens is 1. The molecule has 1 N–H and O–H groups in total. The van der Waals surface area contributed by atoms with E-state index in [-0.39, 0.29) is 5.97 Å². The van der Waals surface area contributed by atoms with Gasteiger partial charge in [0.2, 0.25) is 0 Å². The minimum atomic E-state index is -0.286. The number of hydrogen-bond donors (Lipinski definition) is 1. The van der Waals surface area contributed by atoms with Crippen LogP contribution in [0.3, 0.4) is 0 Å². The zero-order chi connectivity index (χ0) is 11.0. The van der Waals surface area contributed by atoms with Crippen LogP contribution in [0.15, 0.2) is 18.3 Å². The molecule has 0 spiro atoms. The van der Waals surface area contributed by atoms with Gasteiger partial charge in [0.1, 0.15) is 0 Å². The van der Waals surface area contributed by atoms with Crippen molar-refractivity contribution in [2.75, 3.05) is 7.11 Å². The molecule has 0 aliphatic carbocycles. The summed E-state index contributed by atoms with van der Waals surface area (Å²) in [5, 5.41) is 1.06. The van der Waals surface area contributed by atoms with Crippen molar-refractivity contribution >= 4 is 39.5 Å². The molecule has 2 aromatic rings. The second kappa shape index (κ2) is 3.84. The first-order valence-corrected chi connectivity index (χ1v) is 5.57. The summed E-state index contributed by atoms with van der Waals surface area (Å²) in [4.78, 5) is 14.6. The van der Waals surface area contributed by atoms with E-state index in [1.54, 1.807) is 0 Å². The van der Waals surface area contributed by atoms with Gasteiger partial charge < -0.3 is 9.72 Å². The van der Waals surface area contributed by atoms with Gasteiger partial charge in [-0.25, -0.2) is 4.79 Å². The number of nitrogens with one attached hydrogen (secondary N) is 1. The van der Waals surface area contributed by atoms with Crippen LogP contribution in [0.5, 0.6) is 0 Å².